The number of rotatable bonds is 11. The van der Waals surface area contributed by atoms with Crippen molar-refractivity contribution in [2.24, 2.45) is 17.6 Å². The summed E-state index contributed by atoms with van der Waals surface area (Å²) in [6, 6.07) is 8.67. The second-order valence-electron chi connectivity index (χ2n) is 10.5. The summed E-state index contributed by atoms with van der Waals surface area (Å²) in [5, 5.41) is 1.19. The number of hydrogen-bond donors (Lipinski definition) is 1. The fourth-order valence-corrected chi connectivity index (χ4v) is 5.77. The monoisotopic (exact) mass is 465 g/mol. The highest BCUT2D eigenvalue weighted by Gasteiger charge is 2.25. The zero-order valence-electron chi connectivity index (χ0n) is 21.0. The van der Waals surface area contributed by atoms with Gasteiger partial charge in [0.05, 0.1) is 0 Å². The van der Waals surface area contributed by atoms with E-state index in [1.165, 1.54) is 62.4 Å². The highest BCUT2D eigenvalue weighted by molar-refractivity contribution is 5.85. The lowest BCUT2D eigenvalue weighted by molar-refractivity contribution is -0.122. The first kappa shape index (κ1) is 25.0. The Labute approximate surface area is 205 Å². The Balaban J connectivity index is 1.19. The van der Waals surface area contributed by atoms with E-state index in [1.54, 1.807) is 0 Å². The number of carbonyl (C=O) groups excluding carboxylic acids is 1. The van der Waals surface area contributed by atoms with Crippen LogP contribution in [0.1, 0.15) is 83.1 Å². The van der Waals surface area contributed by atoms with Gasteiger partial charge in [0.25, 0.3) is 0 Å². The Morgan fingerprint density at radius 2 is 1.88 bits per heavy atom. The van der Waals surface area contributed by atoms with E-state index in [4.69, 9.17) is 10.5 Å². The molecule has 34 heavy (non-hydrogen) atoms. The van der Waals surface area contributed by atoms with E-state index in [2.05, 4.69) is 35.0 Å². The molecule has 0 atom stereocenters. The van der Waals surface area contributed by atoms with E-state index < -0.39 is 0 Å². The molecule has 1 saturated heterocycles. The zero-order chi connectivity index (χ0) is 23.8. The molecule has 2 aliphatic rings. The summed E-state index contributed by atoms with van der Waals surface area (Å²) in [5.41, 5.74) is 7.82. The van der Waals surface area contributed by atoms with E-state index in [0.717, 1.165) is 62.4 Å². The quantitative estimate of drug-likeness (QED) is 0.421. The maximum atomic E-state index is 11.3. The standard InChI is InChI=1S/C29H43N3O2/c1-2-3-7-23-20-25-9-6-16-31-28(25)27(21-23)34-26-14-18-32(19-15-26)17-5-4-8-22-10-12-24(13-11-22)29(30)33/h6,9,16,20-22,24,26H,2-5,7-8,10-15,17-19H2,1H3,(H2,30,33). The molecule has 0 bridgehead atoms. The summed E-state index contributed by atoms with van der Waals surface area (Å²) in [5.74, 6) is 1.80. The molecular formula is C29H43N3O2. The van der Waals surface area contributed by atoms with Crippen molar-refractivity contribution in [3.05, 3.63) is 36.0 Å². The van der Waals surface area contributed by atoms with Crippen LogP contribution < -0.4 is 10.5 Å². The van der Waals surface area contributed by atoms with Crippen LogP contribution >= 0.6 is 0 Å². The van der Waals surface area contributed by atoms with E-state index in [0.29, 0.717) is 0 Å². The molecule has 4 rings (SSSR count). The van der Waals surface area contributed by atoms with Gasteiger partial charge in [-0.25, -0.2) is 0 Å². The molecule has 0 spiro atoms. The molecule has 1 amide bonds. The maximum Gasteiger partial charge on any atom is 0.220 e. The molecule has 1 aliphatic carbocycles. The van der Waals surface area contributed by atoms with Gasteiger partial charge in [-0.1, -0.05) is 32.3 Å². The molecule has 0 radical (unpaired) electrons. The first-order valence-electron chi connectivity index (χ1n) is 13.7. The van der Waals surface area contributed by atoms with Gasteiger partial charge < -0.3 is 15.4 Å². The van der Waals surface area contributed by atoms with Crippen molar-refractivity contribution in [1.29, 1.82) is 0 Å². The van der Waals surface area contributed by atoms with Crippen LogP contribution in [0.2, 0.25) is 0 Å². The van der Waals surface area contributed by atoms with E-state index >= 15 is 0 Å². The lowest BCUT2D eigenvalue weighted by Crippen LogP contribution is -2.38. The summed E-state index contributed by atoms with van der Waals surface area (Å²) in [6.45, 7) is 5.68. The van der Waals surface area contributed by atoms with Gasteiger partial charge in [-0.15, -0.1) is 0 Å². The average molecular weight is 466 g/mol. The molecule has 2 heterocycles. The van der Waals surface area contributed by atoms with Crippen LogP contribution in [0.25, 0.3) is 10.9 Å². The lowest BCUT2D eigenvalue weighted by Gasteiger charge is -2.32. The second-order valence-corrected chi connectivity index (χ2v) is 10.5. The Bertz CT molecular complexity index is 915. The second kappa shape index (κ2) is 12.5. The van der Waals surface area contributed by atoms with Crippen molar-refractivity contribution in [2.45, 2.75) is 90.1 Å². The smallest absolute Gasteiger partial charge is 0.220 e. The minimum Gasteiger partial charge on any atom is -0.488 e. The van der Waals surface area contributed by atoms with Crippen molar-refractivity contribution in [3.8, 4) is 5.75 Å². The Hall–Kier alpha value is -2.14. The van der Waals surface area contributed by atoms with Gasteiger partial charge in [0.2, 0.25) is 5.91 Å². The van der Waals surface area contributed by atoms with E-state index in [-0.39, 0.29) is 17.9 Å². The SMILES string of the molecule is CCCCc1cc(OC2CCN(CCCCC3CCC(C(N)=O)CC3)CC2)c2ncccc2c1. The van der Waals surface area contributed by atoms with Gasteiger partial charge in [-0.05, 0) is 94.0 Å². The van der Waals surface area contributed by atoms with Gasteiger partial charge in [0, 0.05) is 30.6 Å². The lowest BCUT2D eigenvalue weighted by atomic mass is 9.79. The summed E-state index contributed by atoms with van der Waals surface area (Å²) in [4.78, 5) is 18.6. The van der Waals surface area contributed by atoms with Crippen molar-refractivity contribution in [1.82, 2.24) is 9.88 Å². The summed E-state index contributed by atoms with van der Waals surface area (Å²) < 4.78 is 6.55. The Morgan fingerprint density at radius 1 is 1.09 bits per heavy atom. The number of ether oxygens (including phenoxy) is 1. The van der Waals surface area contributed by atoms with E-state index in [9.17, 15) is 4.79 Å². The molecular weight excluding hydrogens is 422 g/mol. The molecule has 5 heteroatoms. The number of unbranched alkanes of at least 4 members (excludes halogenated alkanes) is 2. The molecule has 1 aromatic heterocycles. The number of likely N-dealkylation sites (tertiary alicyclic amines) is 1. The Morgan fingerprint density at radius 3 is 2.62 bits per heavy atom. The van der Waals surface area contributed by atoms with Crippen molar-refractivity contribution < 1.29 is 9.53 Å². The molecule has 1 saturated carbocycles. The number of hydrogen-bond acceptors (Lipinski definition) is 4. The third-order valence-corrected chi connectivity index (χ3v) is 7.96. The number of primary amides is 1. The molecule has 1 aliphatic heterocycles. The third kappa shape index (κ3) is 6.94. The van der Waals surface area contributed by atoms with Crippen LogP contribution in [-0.2, 0) is 11.2 Å². The number of aryl methyl sites for hydroxylation is 1. The van der Waals surface area contributed by atoms with Crippen LogP contribution in [-0.4, -0.2) is 41.5 Å². The number of amides is 1. The van der Waals surface area contributed by atoms with Gasteiger partial charge in [0.1, 0.15) is 17.4 Å². The van der Waals surface area contributed by atoms with Crippen molar-refractivity contribution >= 4 is 16.8 Å². The van der Waals surface area contributed by atoms with Crippen LogP contribution in [0.4, 0.5) is 0 Å². The number of benzene rings is 1. The fraction of sp³-hybridized carbons (Fsp3) is 0.655. The van der Waals surface area contributed by atoms with Crippen LogP contribution in [0.5, 0.6) is 5.75 Å². The third-order valence-electron chi connectivity index (χ3n) is 7.96. The number of nitrogens with zero attached hydrogens (tertiary/aromatic N) is 2. The Kier molecular flexibility index (Phi) is 9.20. The highest BCUT2D eigenvalue weighted by Crippen LogP contribution is 2.32. The molecule has 0 unspecified atom stereocenters. The minimum atomic E-state index is -0.0977. The molecule has 2 N–H and O–H groups in total. The zero-order valence-corrected chi connectivity index (χ0v) is 21.0. The van der Waals surface area contributed by atoms with Crippen LogP contribution in [0.3, 0.4) is 0 Å². The van der Waals surface area contributed by atoms with Crippen molar-refractivity contribution in [2.75, 3.05) is 19.6 Å². The highest BCUT2D eigenvalue weighted by atomic mass is 16.5. The topological polar surface area (TPSA) is 68.5 Å². The van der Waals surface area contributed by atoms with Crippen LogP contribution in [0.15, 0.2) is 30.5 Å². The van der Waals surface area contributed by atoms with Gasteiger partial charge in [0.15, 0.2) is 0 Å². The number of carbonyl (C=O) groups is 1. The fourth-order valence-electron chi connectivity index (χ4n) is 5.77. The number of aromatic nitrogens is 1. The van der Waals surface area contributed by atoms with Gasteiger partial charge in [-0.2, -0.15) is 0 Å². The van der Waals surface area contributed by atoms with Crippen molar-refractivity contribution in [3.63, 3.8) is 0 Å². The predicted octanol–water partition coefficient (Wildman–Crippen LogP) is 5.88. The number of pyridine rings is 1. The predicted molar refractivity (Wildman–Crippen MR) is 139 cm³/mol. The summed E-state index contributed by atoms with van der Waals surface area (Å²) >= 11 is 0. The van der Waals surface area contributed by atoms with Gasteiger partial charge >= 0.3 is 0 Å². The molecule has 2 aromatic rings. The number of piperidine rings is 1. The molecule has 1 aromatic carbocycles. The normalized spacial score (nSPS) is 22.1. The minimum absolute atomic E-state index is 0.0977. The van der Waals surface area contributed by atoms with Gasteiger partial charge in [-0.3, -0.25) is 9.78 Å². The largest absolute Gasteiger partial charge is 0.488 e. The first-order chi connectivity index (χ1) is 16.6. The maximum absolute atomic E-state index is 11.3. The van der Waals surface area contributed by atoms with Crippen LogP contribution in [0, 0.1) is 11.8 Å². The number of nitrogens with two attached hydrogens (primary N) is 1. The molecule has 186 valence electrons. The first-order valence-corrected chi connectivity index (χ1v) is 13.7. The summed E-state index contributed by atoms with van der Waals surface area (Å²) in [6.07, 6.45) is 16.1. The number of fused-ring (bicyclic) bond motifs is 1. The molecule has 5 nitrogen and oxygen atoms in total. The molecule has 2 fully saturated rings. The summed E-state index contributed by atoms with van der Waals surface area (Å²) in [7, 11) is 0. The average Bonchev–Trinajstić information content (AvgIpc) is 2.86. The van der Waals surface area contributed by atoms with E-state index in [1.807, 2.05) is 12.3 Å².